The fourth-order valence-electron chi connectivity index (χ4n) is 1.36. The number of carbonyl (C=O) groups excluding carboxylic acids is 3. The Labute approximate surface area is 99.6 Å². The highest BCUT2D eigenvalue weighted by atomic mass is 16.5. The lowest BCUT2D eigenvalue weighted by molar-refractivity contribution is -0.152. The summed E-state index contributed by atoms with van der Waals surface area (Å²) in [5, 5.41) is 0. The number of Topliss-reactive ketones (excluding diaryl/α,β-unsaturated/α-hetero) is 2. The largest absolute Gasteiger partial charge is 0.463 e. The second-order valence-electron chi connectivity index (χ2n) is 3.81. The first kappa shape index (κ1) is 13.1. The van der Waals surface area contributed by atoms with Crippen molar-refractivity contribution < 1.29 is 19.1 Å². The lowest BCUT2D eigenvalue weighted by Crippen LogP contribution is -2.28. The van der Waals surface area contributed by atoms with Gasteiger partial charge in [0.25, 0.3) is 5.78 Å². The van der Waals surface area contributed by atoms with Crippen molar-refractivity contribution in [1.82, 2.24) is 0 Å². The minimum Gasteiger partial charge on any atom is -0.463 e. The fourth-order valence-corrected chi connectivity index (χ4v) is 1.36. The molecule has 0 spiro atoms. The zero-order valence-corrected chi connectivity index (χ0v) is 10.0. The third-order valence-electron chi connectivity index (χ3n) is 2.51. The van der Waals surface area contributed by atoms with Crippen LogP contribution in [0, 0.1) is 12.8 Å². The molecule has 4 nitrogen and oxygen atoms in total. The predicted molar refractivity (Wildman–Crippen MR) is 61.7 cm³/mol. The summed E-state index contributed by atoms with van der Waals surface area (Å²) in [4.78, 5) is 34.4. The summed E-state index contributed by atoms with van der Waals surface area (Å²) in [6.07, 6.45) is 0. The van der Waals surface area contributed by atoms with Crippen LogP contribution in [0.4, 0.5) is 0 Å². The normalized spacial score (nSPS) is 11.7. The third kappa shape index (κ3) is 3.00. The van der Waals surface area contributed by atoms with Crippen LogP contribution in [0.1, 0.15) is 22.8 Å². The van der Waals surface area contributed by atoms with Gasteiger partial charge in [0.2, 0.25) is 0 Å². The molecule has 90 valence electrons. The smallest absolute Gasteiger partial charge is 0.375 e. The van der Waals surface area contributed by atoms with Gasteiger partial charge in [0.1, 0.15) is 0 Å². The minimum absolute atomic E-state index is 0.375. The Morgan fingerprint density at radius 1 is 1.12 bits per heavy atom. The van der Waals surface area contributed by atoms with Crippen LogP contribution in [0.15, 0.2) is 24.3 Å². The SMILES string of the molecule is COC(=O)C(=O)C(C)C(=O)c1ccc(C)cc1. The van der Waals surface area contributed by atoms with E-state index in [-0.39, 0.29) is 5.78 Å². The molecular weight excluding hydrogens is 220 g/mol. The molecule has 0 aromatic heterocycles. The molecule has 0 aliphatic carbocycles. The Kier molecular flexibility index (Phi) is 4.15. The molecule has 0 N–H and O–H groups in total. The molecule has 0 saturated carbocycles. The van der Waals surface area contributed by atoms with Gasteiger partial charge in [-0.05, 0) is 13.8 Å². The average molecular weight is 234 g/mol. The first-order valence-corrected chi connectivity index (χ1v) is 5.20. The highest BCUT2D eigenvalue weighted by Crippen LogP contribution is 2.11. The number of hydrogen-bond acceptors (Lipinski definition) is 4. The van der Waals surface area contributed by atoms with E-state index in [1.54, 1.807) is 24.3 Å². The van der Waals surface area contributed by atoms with Crippen LogP contribution < -0.4 is 0 Å². The number of rotatable bonds is 4. The lowest BCUT2D eigenvalue weighted by atomic mass is 9.95. The van der Waals surface area contributed by atoms with Gasteiger partial charge in [-0.15, -0.1) is 0 Å². The molecule has 17 heavy (non-hydrogen) atoms. The molecule has 0 saturated heterocycles. The number of aryl methyl sites for hydroxylation is 1. The van der Waals surface area contributed by atoms with Gasteiger partial charge in [-0.3, -0.25) is 9.59 Å². The summed E-state index contributed by atoms with van der Waals surface area (Å²) in [5.41, 5.74) is 1.44. The minimum atomic E-state index is -1.01. The Balaban J connectivity index is 2.87. The molecule has 4 heteroatoms. The molecule has 0 aliphatic heterocycles. The van der Waals surface area contributed by atoms with Crippen molar-refractivity contribution in [2.24, 2.45) is 5.92 Å². The second-order valence-corrected chi connectivity index (χ2v) is 3.81. The number of ether oxygens (including phenoxy) is 1. The van der Waals surface area contributed by atoms with Crippen LogP contribution in [-0.4, -0.2) is 24.6 Å². The second kappa shape index (κ2) is 5.39. The lowest BCUT2D eigenvalue weighted by Gasteiger charge is -2.08. The van der Waals surface area contributed by atoms with E-state index in [0.29, 0.717) is 5.56 Å². The van der Waals surface area contributed by atoms with E-state index in [4.69, 9.17) is 0 Å². The van der Waals surface area contributed by atoms with E-state index in [0.717, 1.165) is 12.7 Å². The quantitative estimate of drug-likeness (QED) is 0.343. The van der Waals surface area contributed by atoms with Crippen LogP contribution >= 0.6 is 0 Å². The van der Waals surface area contributed by atoms with Crippen molar-refractivity contribution in [3.63, 3.8) is 0 Å². The van der Waals surface area contributed by atoms with Crippen molar-refractivity contribution in [3.05, 3.63) is 35.4 Å². The molecule has 1 unspecified atom stereocenters. The summed E-state index contributed by atoms with van der Waals surface area (Å²) >= 11 is 0. The molecule has 1 aromatic carbocycles. The van der Waals surface area contributed by atoms with Gasteiger partial charge in [-0.25, -0.2) is 4.79 Å². The number of carbonyl (C=O) groups is 3. The number of esters is 1. The van der Waals surface area contributed by atoms with Gasteiger partial charge in [0.15, 0.2) is 5.78 Å². The van der Waals surface area contributed by atoms with Crippen LogP contribution in [0.3, 0.4) is 0 Å². The van der Waals surface area contributed by atoms with Crippen molar-refractivity contribution in [2.75, 3.05) is 7.11 Å². The van der Waals surface area contributed by atoms with E-state index in [9.17, 15) is 14.4 Å². The van der Waals surface area contributed by atoms with E-state index >= 15 is 0 Å². The predicted octanol–water partition coefficient (Wildman–Crippen LogP) is 1.56. The van der Waals surface area contributed by atoms with Gasteiger partial charge >= 0.3 is 5.97 Å². The standard InChI is InChI=1S/C13H14O4/c1-8-4-6-10(7-5-8)11(14)9(2)12(15)13(16)17-3/h4-7,9H,1-3H3. The van der Waals surface area contributed by atoms with E-state index in [1.165, 1.54) is 6.92 Å². The molecular formula is C13H14O4. The molecule has 0 fully saturated rings. The Morgan fingerprint density at radius 3 is 2.12 bits per heavy atom. The first-order chi connectivity index (χ1) is 7.97. The Hall–Kier alpha value is -1.97. The molecule has 1 atom stereocenters. The number of ketones is 2. The highest BCUT2D eigenvalue weighted by Gasteiger charge is 2.28. The van der Waals surface area contributed by atoms with Crippen molar-refractivity contribution >= 4 is 17.5 Å². The van der Waals surface area contributed by atoms with Gasteiger partial charge < -0.3 is 4.74 Å². The fraction of sp³-hybridized carbons (Fsp3) is 0.308. The molecule has 0 heterocycles. The van der Waals surface area contributed by atoms with Crippen molar-refractivity contribution in [3.8, 4) is 0 Å². The van der Waals surface area contributed by atoms with Crippen LogP contribution in [0.25, 0.3) is 0 Å². The van der Waals surface area contributed by atoms with Gasteiger partial charge in [0.05, 0.1) is 13.0 Å². The van der Waals surface area contributed by atoms with Gasteiger partial charge in [-0.1, -0.05) is 29.8 Å². The Morgan fingerprint density at radius 2 is 1.65 bits per heavy atom. The summed E-state index contributed by atoms with van der Waals surface area (Å²) in [5.74, 6) is -3.19. The Bertz CT molecular complexity index is 445. The zero-order chi connectivity index (χ0) is 13.0. The van der Waals surface area contributed by atoms with Crippen molar-refractivity contribution in [1.29, 1.82) is 0 Å². The summed E-state index contributed by atoms with van der Waals surface area (Å²) in [6, 6.07) is 6.84. The first-order valence-electron chi connectivity index (χ1n) is 5.20. The summed E-state index contributed by atoms with van der Waals surface area (Å²) in [6.45, 7) is 3.30. The number of hydrogen-bond donors (Lipinski definition) is 0. The molecule has 1 aromatic rings. The van der Waals surface area contributed by atoms with E-state index < -0.39 is 17.7 Å². The summed E-state index contributed by atoms with van der Waals surface area (Å²) < 4.78 is 4.30. The average Bonchev–Trinajstić information content (AvgIpc) is 2.36. The maximum atomic E-state index is 11.9. The van der Waals surface area contributed by atoms with E-state index in [2.05, 4.69) is 4.74 Å². The third-order valence-corrected chi connectivity index (χ3v) is 2.51. The highest BCUT2D eigenvalue weighted by molar-refractivity contribution is 6.39. The van der Waals surface area contributed by atoms with Crippen molar-refractivity contribution in [2.45, 2.75) is 13.8 Å². The zero-order valence-electron chi connectivity index (χ0n) is 10.0. The number of benzene rings is 1. The molecule has 0 radical (unpaired) electrons. The number of methoxy groups -OCH3 is 1. The maximum Gasteiger partial charge on any atom is 0.375 e. The van der Waals surface area contributed by atoms with Crippen LogP contribution in [-0.2, 0) is 14.3 Å². The summed E-state index contributed by atoms with van der Waals surface area (Å²) in [7, 11) is 1.11. The maximum absolute atomic E-state index is 11.9. The molecule has 0 amide bonds. The topological polar surface area (TPSA) is 60.4 Å². The monoisotopic (exact) mass is 234 g/mol. The van der Waals surface area contributed by atoms with Crippen LogP contribution in [0.2, 0.25) is 0 Å². The molecule has 0 aliphatic rings. The molecule has 1 rings (SSSR count). The van der Waals surface area contributed by atoms with Gasteiger partial charge in [0, 0.05) is 5.56 Å². The van der Waals surface area contributed by atoms with E-state index in [1.807, 2.05) is 6.92 Å². The van der Waals surface area contributed by atoms with Gasteiger partial charge in [-0.2, -0.15) is 0 Å². The molecule has 0 bridgehead atoms. The van der Waals surface area contributed by atoms with Crippen LogP contribution in [0.5, 0.6) is 0 Å².